The molecule has 1 aliphatic rings. The quantitative estimate of drug-likeness (QED) is 0.811. The summed E-state index contributed by atoms with van der Waals surface area (Å²) in [7, 11) is -2.08. The van der Waals surface area contributed by atoms with Crippen molar-refractivity contribution in [1.29, 1.82) is 0 Å². The van der Waals surface area contributed by atoms with Crippen LogP contribution in [-0.2, 0) is 21.4 Å². The summed E-state index contributed by atoms with van der Waals surface area (Å²) in [5.74, 6) is 0.0560. The van der Waals surface area contributed by atoms with Gasteiger partial charge in [0.15, 0.2) is 0 Å². The summed E-state index contributed by atoms with van der Waals surface area (Å²) in [5.41, 5.74) is 0.769. The highest BCUT2D eigenvalue weighted by Crippen LogP contribution is 2.18. The Morgan fingerprint density at radius 1 is 1.33 bits per heavy atom. The van der Waals surface area contributed by atoms with Gasteiger partial charge in [0.05, 0.1) is 4.90 Å². The van der Waals surface area contributed by atoms with Crippen LogP contribution in [0.4, 0.5) is 0 Å². The molecule has 1 unspecified atom stereocenters. The molecule has 21 heavy (non-hydrogen) atoms. The van der Waals surface area contributed by atoms with Gasteiger partial charge in [-0.25, -0.2) is 13.1 Å². The van der Waals surface area contributed by atoms with Crippen LogP contribution in [0.15, 0.2) is 41.3 Å². The maximum atomic E-state index is 12.0. The van der Waals surface area contributed by atoms with E-state index in [4.69, 9.17) is 0 Å². The fourth-order valence-electron chi connectivity index (χ4n) is 2.31. The molecule has 0 spiro atoms. The molecule has 114 valence electrons. The number of carbonyl (C=O) groups is 1. The molecule has 0 fully saturated rings. The number of hydrogen-bond donors (Lipinski definition) is 2. The summed E-state index contributed by atoms with van der Waals surface area (Å²) in [6.07, 6.45) is 6.72. The average molecular weight is 308 g/mol. The minimum atomic E-state index is -3.45. The summed E-state index contributed by atoms with van der Waals surface area (Å²) in [4.78, 5) is 12.2. The molecule has 0 bridgehead atoms. The minimum Gasteiger partial charge on any atom is -0.352 e. The molecule has 0 aliphatic heterocycles. The predicted octanol–water partition coefficient (Wildman–Crippen LogP) is 1.57. The molecule has 1 aliphatic carbocycles. The van der Waals surface area contributed by atoms with Gasteiger partial charge in [-0.05, 0) is 44.0 Å². The average Bonchev–Trinajstić information content (AvgIpc) is 2.53. The van der Waals surface area contributed by atoms with Crippen molar-refractivity contribution in [3.8, 4) is 0 Å². The standard InChI is InChI=1S/C15H20N2O3S/c1-16-21(19,20)14-9-5-6-12(10-14)11-17-15(18)13-7-3-2-4-8-13/h2-3,5-6,9-10,13,16H,4,7-8,11H2,1H3,(H,17,18). The number of sulfonamides is 1. The van der Waals surface area contributed by atoms with Crippen LogP contribution in [0.5, 0.6) is 0 Å². The maximum Gasteiger partial charge on any atom is 0.240 e. The zero-order valence-corrected chi connectivity index (χ0v) is 12.8. The van der Waals surface area contributed by atoms with Crippen molar-refractivity contribution in [2.24, 2.45) is 5.92 Å². The van der Waals surface area contributed by atoms with Crippen molar-refractivity contribution in [2.75, 3.05) is 7.05 Å². The Labute approximate surface area is 125 Å². The monoisotopic (exact) mass is 308 g/mol. The van der Waals surface area contributed by atoms with Gasteiger partial charge in [-0.2, -0.15) is 0 Å². The summed E-state index contributed by atoms with van der Waals surface area (Å²) in [6, 6.07) is 6.58. The largest absolute Gasteiger partial charge is 0.352 e. The van der Waals surface area contributed by atoms with Gasteiger partial charge in [-0.1, -0.05) is 24.3 Å². The molecule has 1 aromatic carbocycles. The first-order valence-electron chi connectivity index (χ1n) is 6.98. The van der Waals surface area contributed by atoms with E-state index in [-0.39, 0.29) is 16.7 Å². The predicted molar refractivity (Wildman–Crippen MR) is 81.0 cm³/mol. The molecule has 0 saturated heterocycles. The minimum absolute atomic E-state index is 0.0271. The molecular formula is C15H20N2O3S. The summed E-state index contributed by atoms with van der Waals surface area (Å²) >= 11 is 0. The van der Waals surface area contributed by atoms with Gasteiger partial charge < -0.3 is 5.32 Å². The molecule has 1 amide bonds. The molecule has 1 atom stereocenters. The van der Waals surface area contributed by atoms with Gasteiger partial charge >= 0.3 is 0 Å². The molecule has 5 nitrogen and oxygen atoms in total. The molecule has 1 aromatic rings. The van der Waals surface area contributed by atoms with Crippen molar-refractivity contribution in [3.05, 3.63) is 42.0 Å². The van der Waals surface area contributed by atoms with Gasteiger partial charge in [-0.3, -0.25) is 4.79 Å². The summed E-state index contributed by atoms with van der Waals surface area (Å²) in [6.45, 7) is 0.339. The van der Waals surface area contributed by atoms with E-state index in [0.717, 1.165) is 24.8 Å². The Hall–Kier alpha value is -1.66. The van der Waals surface area contributed by atoms with Crippen molar-refractivity contribution in [2.45, 2.75) is 30.7 Å². The Balaban J connectivity index is 1.99. The van der Waals surface area contributed by atoms with Crippen molar-refractivity contribution in [3.63, 3.8) is 0 Å². The van der Waals surface area contributed by atoms with Crippen LogP contribution in [0.3, 0.4) is 0 Å². The molecular weight excluding hydrogens is 288 g/mol. The van der Waals surface area contributed by atoms with Crippen LogP contribution < -0.4 is 10.0 Å². The first-order chi connectivity index (χ1) is 10.0. The molecule has 2 N–H and O–H groups in total. The van der Waals surface area contributed by atoms with Crippen molar-refractivity contribution >= 4 is 15.9 Å². The Kier molecular flexibility index (Phi) is 5.14. The molecule has 0 radical (unpaired) electrons. The van der Waals surface area contributed by atoms with Gasteiger partial charge in [0.25, 0.3) is 0 Å². The SMILES string of the molecule is CNS(=O)(=O)c1cccc(CNC(=O)C2CC=CCC2)c1. The highest BCUT2D eigenvalue weighted by atomic mass is 32.2. The second-order valence-electron chi connectivity index (χ2n) is 5.05. The molecule has 2 rings (SSSR count). The van der Waals surface area contributed by atoms with Gasteiger partial charge in [0.2, 0.25) is 15.9 Å². The fourth-order valence-corrected chi connectivity index (χ4v) is 3.11. The zero-order valence-electron chi connectivity index (χ0n) is 12.0. The smallest absolute Gasteiger partial charge is 0.240 e. The van der Waals surface area contributed by atoms with Crippen LogP contribution in [0.2, 0.25) is 0 Å². The first-order valence-corrected chi connectivity index (χ1v) is 8.46. The van der Waals surface area contributed by atoms with Crippen LogP contribution >= 0.6 is 0 Å². The van der Waals surface area contributed by atoms with Crippen LogP contribution in [0.25, 0.3) is 0 Å². The first kappa shape index (κ1) is 15.7. The van der Waals surface area contributed by atoms with E-state index in [1.165, 1.54) is 13.1 Å². The lowest BCUT2D eigenvalue weighted by atomic mass is 9.93. The van der Waals surface area contributed by atoms with E-state index in [2.05, 4.69) is 16.1 Å². The number of allylic oxidation sites excluding steroid dienone is 2. The highest BCUT2D eigenvalue weighted by Gasteiger charge is 2.18. The van der Waals surface area contributed by atoms with Crippen LogP contribution in [0.1, 0.15) is 24.8 Å². The number of carbonyl (C=O) groups excluding carboxylic acids is 1. The summed E-state index contributed by atoms with van der Waals surface area (Å²) < 4.78 is 25.7. The lowest BCUT2D eigenvalue weighted by Crippen LogP contribution is -2.30. The Morgan fingerprint density at radius 2 is 2.14 bits per heavy atom. The summed E-state index contributed by atoms with van der Waals surface area (Å²) in [5, 5.41) is 2.88. The highest BCUT2D eigenvalue weighted by molar-refractivity contribution is 7.89. The van der Waals surface area contributed by atoms with Crippen LogP contribution in [0, 0.1) is 5.92 Å². The molecule has 0 heterocycles. The van der Waals surface area contributed by atoms with E-state index >= 15 is 0 Å². The molecule has 6 heteroatoms. The molecule has 0 saturated carbocycles. The van der Waals surface area contributed by atoms with Crippen LogP contribution in [-0.4, -0.2) is 21.4 Å². The van der Waals surface area contributed by atoms with Crippen molar-refractivity contribution < 1.29 is 13.2 Å². The zero-order chi connectivity index (χ0) is 15.3. The molecule has 0 aromatic heterocycles. The Bertz CT molecular complexity index is 638. The third-order valence-electron chi connectivity index (χ3n) is 3.58. The van der Waals surface area contributed by atoms with E-state index in [0.29, 0.717) is 6.54 Å². The van der Waals surface area contributed by atoms with E-state index in [9.17, 15) is 13.2 Å². The second kappa shape index (κ2) is 6.87. The van der Waals surface area contributed by atoms with Crippen molar-refractivity contribution in [1.82, 2.24) is 10.0 Å². The van der Waals surface area contributed by atoms with Gasteiger partial charge in [0, 0.05) is 12.5 Å². The third kappa shape index (κ3) is 4.15. The van der Waals surface area contributed by atoms with E-state index in [1.54, 1.807) is 18.2 Å². The van der Waals surface area contributed by atoms with Gasteiger partial charge in [0.1, 0.15) is 0 Å². The fraction of sp³-hybridized carbons (Fsp3) is 0.400. The number of nitrogens with one attached hydrogen (secondary N) is 2. The lowest BCUT2D eigenvalue weighted by molar-refractivity contribution is -0.125. The van der Waals surface area contributed by atoms with Gasteiger partial charge in [-0.15, -0.1) is 0 Å². The third-order valence-corrected chi connectivity index (χ3v) is 5.00. The number of amides is 1. The van der Waals surface area contributed by atoms with E-state index < -0.39 is 10.0 Å². The number of rotatable bonds is 5. The normalized spacial score (nSPS) is 18.4. The van der Waals surface area contributed by atoms with E-state index in [1.807, 2.05) is 6.08 Å². The maximum absolute atomic E-state index is 12.0. The second-order valence-corrected chi connectivity index (χ2v) is 6.94. The number of benzene rings is 1. The number of hydrogen-bond acceptors (Lipinski definition) is 3. The Morgan fingerprint density at radius 3 is 2.81 bits per heavy atom. The topological polar surface area (TPSA) is 75.3 Å². The lowest BCUT2D eigenvalue weighted by Gasteiger charge is -2.17.